The zero-order valence-corrected chi connectivity index (χ0v) is 13.6. The summed E-state index contributed by atoms with van der Waals surface area (Å²) in [6.07, 6.45) is 1.55. The fourth-order valence-electron chi connectivity index (χ4n) is 2.02. The van der Waals surface area contributed by atoms with E-state index in [9.17, 15) is 9.90 Å². The molecule has 0 saturated carbocycles. The topological polar surface area (TPSA) is 76.5 Å². The number of carbonyl (C=O) groups is 1. The second kappa shape index (κ2) is 7.51. The van der Waals surface area contributed by atoms with E-state index in [1.807, 2.05) is 32.0 Å². The van der Waals surface area contributed by atoms with Gasteiger partial charge >= 0.3 is 0 Å². The number of aromatic carboxylic acids is 1. The first-order valence-corrected chi connectivity index (χ1v) is 7.36. The molecule has 2 rings (SSSR count). The third kappa shape index (κ3) is 4.62. The highest BCUT2D eigenvalue weighted by Gasteiger charge is 2.03. The first-order chi connectivity index (χ1) is 11.0. The van der Waals surface area contributed by atoms with Gasteiger partial charge < -0.3 is 15.2 Å². The number of rotatable bonds is 4. The maximum absolute atomic E-state index is 10.7. The van der Waals surface area contributed by atoms with Gasteiger partial charge in [-0.3, -0.25) is 5.43 Å². The second-order valence-electron chi connectivity index (χ2n) is 5.00. The maximum atomic E-state index is 10.7. The molecule has 2 N–H and O–H groups in total. The van der Waals surface area contributed by atoms with Crippen molar-refractivity contribution in [1.82, 2.24) is 5.43 Å². The molecule has 23 heavy (non-hydrogen) atoms. The number of benzene rings is 2. The number of aryl methyl sites for hydroxylation is 2. The van der Waals surface area contributed by atoms with E-state index in [1.165, 1.54) is 12.1 Å². The van der Waals surface area contributed by atoms with E-state index < -0.39 is 5.97 Å². The van der Waals surface area contributed by atoms with Gasteiger partial charge in [0.05, 0.1) is 12.2 Å². The van der Waals surface area contributed by atoms with Crippen LogP contribution in [0.4, 0.5) is 5.69 Å². The molecule has 0 spiro atoms. The summed E-state index contributed by atoms with van der Waals surface area (Å²) in [5.41, 5.74) is 6.75. The number of carboxylic acid groups (broad SMARTS) is 1. The van der Waals surface area contributed by atoms with Crippen molar-refractivity contribution in [3.05, 3.63) is 64.7 Å². The smallest absolute Gasteiger partial charge is 0.191 e. The van der Waals surface area contributed by atoms with E-state index in [4.69, 9.17) is 12.2 Å². The summed E-state index contributed by atoms with van der Waals surface area (Å²) in [4.78, 5) is 10.7. The van der Waals surface area contributed by atoms with E-state index in [-0.39, 0.29) is 5.56 Å². The third-order valence-corrected chi connectivity index (χ3v) is 3.44. The number of hydrogen-bond acceptors (Lipinski definition) is 4. The summed E-state index contributed by atoms with van der Waals surface area (Å²) in [6, 6.07) is 12.2. The molecule has 5 nitrogen and oxygen atoms in total. The molecular weight excluding hydrogens is 310 g/mol. The number of carboxylic acids is 1. The highest BCUT2D eigenvalue weighted by molar-refractivity contribution is 7.80. The zero-order valence-electron chi connectivity index (χ0n) is 12.8. The standard InChI is InChI=1S/C17H17N3O2S/c1-11-4-3-5-12(2)15(11)19-17(23)20-18-10-13-6-8-14(9-7-13)16(21)22/h3-10H,1-2H3,(H,21,22)(H2,19,20,23)/p-1/b18-10-. The Labute approximate surface area is 140 Å². The SMILES string of the molecule is Cc1cccc(C)c1NC(=S)N/N=C\c1ccc(C(=O)[O-])cc1. The van der Waals surface area contributed by atoms with Crippen LogP contribution in [0.3, 0.4) is 0 Å². The lowest BCUT2D eigenvalue weighted by molar-refractivity contribution is -0.255. The highest BCUT2D eigenvalue weighted by Crippen LogP contribution is 2.19. The van der Waals surface area contributed by atoms with Gasteiger partial charge in [-0.15, -0.1) is 0 Å². The minimum absolute atomic E-state index is 0.127. The number of carbonyl (C=O) groups excluding carboxylic acids is 1. The van der Waals surface area contributed by atoms with Gasteiger partial charge in [-0.1, -0.05) is 42.5 Å². The predicted molar refractivity (Wildman–Crippen MR) is 93.6 cm³/mol. The van der Waals surface area contributed by atoms with Gasteiger partial charge in [-0.2, -0.15) is 5.10 Å². The number of hydrogen-bond donors (Lipinski definition) is 2. The predicted octanol–water partition coefficient (Wildman–Crippen LogP) is 1.99. The van der Waals surface area contributed by atoms with Crippen molar-refractivity contribution in [2.45, 2.75) is 13.8 Å². The molecule has 0 unspecified atom stereocenters. The third-order valence-electron chi connectivity index (χ3n) is 3.25. The number of hydrazone groups is 1. The van der Waals surface area contributed by atoms with Crippen LogP contribution in [0.1, 0.15) is 27.0 Å². The van der Waals surface area contributed by atoms with Gasteiger partial charge in [-0.25, -0.2) is 0 Å². The molecule has 0 aliphatic carbocycles. The minimum Gasteiger partial charge on any atom is -0.545 e. The Bertz CT molecular complexity index is 735. The van der Waals surface area contributed by atoms with Crippen LogP contribution >= 0.6 is 12.2 Å². The lowest BCUT2D eigenvalue weighted by Gasteiger charge is -2.12. The molecular formula is C17H16N3O2S-. The fourth-order valence-corrected chi connectivity index (χ4v) is 2.18. The molecule has 0 aliphatic rings. The van der Waals surface area contributed by atoms with Gasteiger partial charge in [0.2, 0.25) is 0 Å². The number of nitrogens with one attached hydrogen (secondary N) is 2. The molecule has 0 saturated heterocycles. The first kappa shape index (κ1) is 16.6. The number of thiocarbonyl (C=S) groups is 1. The normalized spacial score (nSPS) is 10.5. The Balaban J connectivity index is 1.95. The van der Waals surface area contributed by atoms with Gasteiger partial charge in [0.15, 0.2) is 5.11 Å². The summed E-state index contributed by atoms with van der Waals surface area (Å²) in [5.74, 6) is -1.20. The molecule has 0 heterocycles. The van der Waals surface area contributed by atoms with Gasteiger partial charge in [-0.05, 0) is 48.3 Å². The molecule has 0 atom stereocenters. The Kier molecular flexibility index (Phi) is 5.43. The lowest BCUT2D eigenvalue weighted by atomic mass is 10.1. The van der Waals surface area contributed by atoms with Crippen LogP contribution in [0.25, 0.3) is 0 Å². The molecule has 0 fully saturated rings. The van der Waals surface area contributed by atoms with Crippen molar-refractivity contribution >= 4 is 35.2 Å². The molecule has 0 aromatic heterocycles. The summed E-state index contributed by atoms with van der Waals surface area (Å²) in [7, 11) is 0. The number of para-hydroxylation sites is 1. The van der Waals surface area contributed by atoms with E-state index >= 15 is 0 Å². The Morgan fingerprint density at radius 3 is 2.30 bits per heavy atom. The van der Waals surface area contributed by atoms with Crippen LogP contribution < -0.4 is 15.8 Å². The van der Waals surface area contributed by atoms with Gasteiger partial charge in [0, 0.05) is 5.69 Å². The van der Waals surface area contributed by atoms with E-state index in [2.05, 4.69) is 15.8 Å². The van der Waals surface area contributed by atoms with E-state index in [0.29, 0.717) is 5.11 Å². The van der Waals surface area contributed by atoms with Crippen LogP contribution in [0.15, 0.2) is 47.6 Å². The van der Waals surface area contributed by atoms with Crippen molar-refractivity contribution in [2.24, 2.45) is 5.10 Å². The first-order valence-electron chi connectivity index (χ1n) is 6.95. The van der Waals surface area contributed by atoms with E-state index in [0.717, 1.165) is 22.4 Å². The minimum atomic E-state index is -1.20. The van der Waals surface area contributed by atoms with Crippen molar-refractivity contribution in [3.8, 4) is 0 Å². The van der Waals surface area contributed by atoms with Crippen LogP contribution in [0, 0.1) is 13.8 Å². The molecule has 2 aromatic rings. The Morgan fingerprint density at radius 2 is 1.74 bits per heavy atom. The van der Waals surface area contributed by atoms with E-state index in [1.54, 1.807) is 18.3 Å². The van der Waals surface area contributed by atoms with Crippen molar-refractivity contribution in [3.63, 3.8) is 0 Å². The van der Waals surface area contributed by atoms with Crippen LogP contribution in [0.2, 0.25) is 0 Å². The molecule has 0 amide bonds. The Hall–Kier alpha value is -2.73. The van der Waals surface area contributed by atoms with Crippen LogP contribution in [0.5, 0.6) is 0 Å². The van der Waals surface area contributed by atoms with Crippen molar-refractivity contribution in [1.29, 1.82) is 0 Å². The molecule has 0 bridgehead atoms. The van der Waals surface area contributed by atoms with Gasteiger partial charge in [0.25, 0.3) is 0 Å². The van der Waals surface area contributed by atoms with Gasteiger partial charge in [0.1, 0.15) is 0 Å². The quantitative estimate of drug-likeness (QED) is 0.510. The average Bonchev–Trinajstić information content (AvgIpc) is 2.51. The number of anilines is 1. The van der Waals surface area contributed by atoms with Crippen molar-refractivity contribution < 1.29 is 9.90 Å². The lowest BCUT2D eigenvalue weighted by Crippen LogP contribution is -2.24. The fraction of sp³-hybridized carbons (Fsp3) is 0.118. The second-order valence-corrected chi connectivity index (χ2v) is 5.41. The molecule has 6 heteroatoms. The molecule has 118 valence electrons. The number of nitrogens with zero attached hydrogens (tertiary/aromatic N) is 1. The van der Waals surface area contributed by atoms with Crippen molar-refractivity contribution in [2.75, 3.05) is 5.32 Å². The summed E-state index contributed by atoms with van der Waals surface area (Å²) in [5, 5.41) is 18.2. The molecule has 2 aromatic carbocycles. The summed E-state index contributed by atoms with van der Waals surface area (Å²) < 4.78 is 0. The summed E-state index contributed by atoms with van der Waals surface area (Å²) in [6.45, 7) is 4.00. The largest absolute Gasteiger partial charge is 0.545 e. The molecule has 0 aliphatic heterocycles. The highest BCUT2D eigenvalue weighted by atomic mass is 32.1. The monoisotopic (exact) mass is 326 g/mol. The van der Waals surface area contributed by atoms with Crippen LogP contribution in [-0.4, -0.2) is 17.3 Å². The summed E-state index contributed by atoms with van der Waals surface area (Å²) >= 11 is 5.20. The average molecular weight is 326 g/mol. The van der Waals surface area contributed by atoms with Crippen LogP contribution in [-0.2, 0) is 0 Å². The Morgan fingerprint density at radius 1 is 1.13 bits per heavy atom. The maximum Gasteiger partial charge on any atom is 0.191 e. The zero-order chi connectivity index (χ0) is 16.8. The molecule has 0 radical (unpaired) electrons.